The number of hydrogen-bond donors (Lipinski definition) is 2. The lowest BCUT2D eigenvalue weighted by Gasteiger charge is -2.33. The van der Waals surface area contributed by atoms with Gasteiger partial charge < -0.3 is 20.1 Å². The first kappa shape index (κ1) is 34.1. The Kier molecular flexibility index (Phi) is 10.5. The lowest BCUT2D eigenvalue weighted by molar-refractivity contribution is -0.162. The summed E-state index contributed by atoms with van der Waals surface area (Å²) >= 11 is 0. The molecule has 3 aromatic carbocycles. The second kappa shape index (κ2) is 14.1. The monoisotopic (exact) mass is 621 g/mol. The summed E-state index contributed by atoms with van der Waals surface area (Å²) in [5.74, 6) is -3.53. The maximum absolute atomic E-state index is 13.9. The zero-order valence-electron chi connectivity index (χ0n) is 27.6. The van der Waals surface area contributed by atoms with Crippen molar-refractivity contribution in [3.05, 3.63) is 101 Å². The fourth-order valence-corrected chi connectivity index (χ4v) is 5.56. The van der Waals surface area contributed by atoms with E-state index in [0.29, 0.717) is 5.56 Å². The van der Waals surface area contributed by atoms with Crippen molar-refractivity contribution in [2.24, 2.45) is 11.3 Å². The number of amides is 2. The van der Waals surface area contributed by atoms with E-state index in [9.17, 15) is 19.6 Å². The number of nitriles is 1. The molecule has 1 saturated heterocycles. The van der Waals surface area contributed by atoms with Crippen molar-refractivity contribution >= 4 is 23.9 Å². The number of nitrogens with zero attached hydrogens (tertiary/aromatic N) is 1. The molecule has 0 spiro atoms. The minimum atomic E-state index is -1.17. The first-order chi connectivity index (χ1) is 21.7. The number of carbonyl (C=O) groups is 3. The van der Waals surface area contributed by atoms with Gasteiger partial charge in [0.05, 0.1) is 23.6 Å². The van der Waals surface area contributed by atoms with Gasteiger partial charge in [-0.1, -0.05) is 93.6 Å². The van der Waals surface area contributed by atoms with Crippen molar-refractivity contribution in [1.82, 2.24) is 10.6 Å². The van der Waals surface area contributed by atoms with E-state index in [1.54, 1.807) is 19.9 Å². The molecule has 1 fully saturated rings. The van der Waals surface area contributed by atoms with Crippen molar-refractivity contribution < 1.29 is 23.9 Å². The van der Waals surface area contributed by atoms with Crippen LogP contribution in [0.1, 0.15) is 76.3 Å². The highest BCUT2D eigenvalue weighted by Gasteiger charge is 2.48. The molecule has 2 amide bonds. The van der Waals surface area contributed by atoms with Crippen LogP contribution >= 0.6 is 0 Å². The molecule has 0 aromatic heterocycles. The molecule has 0 saturated carbocycles. The second-order valence-corrected chi connectivity index (χ2v) is 13.3. The number of rotatable bonds is 10. The molecule has 1 heterocycles. The summed E-state index contributed by atoms with van der Waals surface area (Å²) in [6.07, 6.45) is 2.76. The minimum absolute atomic E-state index is 0.172. The average Bonchev–Trinajstić information content (AvgIpc) is 3.28. The molecule has 8 nitrogen and oxygen atoms in total. The average molecular weight is 622 g/mol. The number of cyclic esters (lactones) is 1. The summed E-state index contributed by atoms with van der Waals surface area (Å²) < 4.78 is 11.3. The topological polar surface area (TPSA) is 118 Å². The lowest BCUT2D eigenvalue weighted by atomic mass is 9.85. The fraction of sp³-hybridized carbons (Fsp3) is 0.368. The molecule has 3 aromatic rings. The second-order valence-electron chi connectivity index (χ2n) is 13.3. The summed E-state index contributed by atoms with van der Waals surface area (Å²) in [6, 6.07) is 24.1. The highest BCUT2D eigenvalue weighted by molar-refractivity contribution is 5.92. The molecular formula is C38H43N3O5. The van der Waals surface area contributed by atoms with Crippen LogP contribution in [0.3, 0.4) is 0 Å². The Morgan fingerprint density at radius 1 is 1.00 bits per heavy atom. The number of benzene rings is 3. The summed E-state index contributed by atoms with van der Waals surface area (Å²) in [5, 5.41) is 15.2. The maximum Gasteiger partial charge on any atom is 0.338 e. The van der Waals surface area contributed by atoms with E-state index in [-0.39, 0.29) is 18.4 Å². The van der Waals surface area contributed by atoms with Crippen molar-refractivity contribution in [2.75, 3.05) is 0 Å². The van der Waals surface area contributed by atoms with Gasteiger partial charge in [-0.3, -0.25) is 9.59 Å². The third kappa shape index (κ3) is 8.49. The van der Waals surface area contributed by atoms with E-state index in [0.717, 1.165) is 27.8 Å². The van der Waals surface area contributed by atoms with Crippen molar-refractivity contribution in [2.45, 2.75) is 78.9 Å². The van der Waals surface area contributed by atoms with Crippen molar-refractivity contribution in [1.29, 1.82) is 5.26 Å². The standard InChI is InChI=1S/C38H43N3O5/c1-24-21-26(19-20-30(24)29-17-11-14-27(22-29)23-39)13-12-18-31(32-36(44)46-38(6,7)45-32)34(42)41-33(37(3,4)5)35(43)40-25(2)28-15-9-8-10-16-28/h8-17,19-22,25,31-33H,18H2,1-7H3,(H,40,43)(H,41,42)/b13-12+. The highest BCUT2D eigenvalue weighted by atomic mass is 16.8. The zero-order valence-corrected chi connectivity index (χ0v) is 27.6. The first-order valence-electron chi connectivity index (χ1n) is 15.5. The van der Waals surface area contributed by atoms with E-state index in [4.69, 9.17) is 9.47 Å². The molecule has 46 heavy (non-hydrogen) atoms. The molecule has 0 bridgehead atoms. The van der Waals surface area contributed by atoms with E-state index in [1.165, 1.54) is 0 Å². The first-order valence-corrected chi connectivity index (χ1v) is 15.5. The number of hydrogen-bond acceptors (Lipinski definition) is 6. The minimum Gasteiger partial charge on any atom is -0.432 e. The Bertz CT molecular complexity index is 1650. The number of ether oxygens (including phenoxy) is 2. The van der Waals surface area contributed by atoms with E-state index in [2.05, 4.69) is 16.7 Å². The molecule has 0 aliphatic carbocycles. The van der Waals surface area contributed by atoms with Crippen LogP contribution in [0.4, 0.5) is 0 Å². The van der Waals surface area contributed by atoms with Crippen molar-refractivity contribution in [3.63, 3.8) is 0 Å². The fourth-order valence-electron chi connectivity index (χ4n) is 5.56. The largest absolute Gasteiger partial charge is 0.432 e. The normalized spacial score (nSPS) is 17.9. The molecule has 8 heteroatoms. The maximum atomic E-state index is 13.9. The Morgan fingerprint density at radius 2 is 1.72 bits per heavy atom. The van der Waals surface area contributed by atoms with Gasteiger partial charge in [0, 0.05) is 13.8 Å². The van der Waals surface area contributed by atoms with Crippen LogP contribution in [0.15, 0.2) is 78.9 Å². The van der Waals surface area contributed by atoms with Crippen LogP contribution in [0.25, 0.3) is 17.2 Å². The number of allylic oxidation sites excluding steroid dienone is 1. The molecule has 4 atom stereocenters. The third-order valence-electron chi connectivity index (χ3n) is 8.02. The Labute approximate surface area is 271 Å². The van der Waals surface area contributed by atoms with Gasteiger partial charge in [-0.25, -0.2) is 4.79 Å². The van der Waals surface area contributed by atoms with Crippen molar-refractivity contribution in [3.8, 4) is 17.2 Å². The van der Waals surface area contributed by atoms with Gasteiger partial charge in [-0.05, 0) is 65.6 Å². The molecule has 1 aliphatic heterocycles. The quantitative estimate of drug-likeness (QED) is 0.245. The molecule has 4 unspecified atom stereocenters. The number of aryl methyl sites for hydroxylation is 1. The van der Waals surface area contributed by atoms with Crippen LogP contribution in [0.2, 0.25) is 0 Å². The molecule has 240 valence electrons. The van der Waals surface area contributed by atoms with Crippen LogP contribution < -0.4 is 10.6 Å². The predicted octanol–water partition coefficient (Wildman–Crippen LogP) is 6.64. The van der Waals surface area contributed by atoms with Crippen LogP contribution in [-0.4, -0.2) is 35.7 Å². The lowest BCUT2D eigenvalue weighted by Crippen LogP contribution is -2.56. The van der Waals surface area contributed by atoms with E-state index in [1.807, 2.05) is 114 Å². The Hall–Kier alpha value is -4.74. The Balaban J connectivity index is 1.54. The van der Waals surface area contributed by atoms with Gasteiger partial charge in [-0.15, -0.1) is 0 Å². The summed E-state index contributed by atoms with van der Waals surface area (Å²) in [5.41, 5.74) is 4.83. The van der Waals surface area contributed by atoms with Gasteiger partial charge >= 0.3 is 5.97 Å². The van der Waals surface area contributed by atoms with Crippen LogP contribution in [0, 0.1) is 29.6 Å². The van der Waals surface area contributed by atoms with E-state index >= 15 is 0 Å². The number of carbonyl (C=O) groups excluding carboxylic acids is 3. The van der Waals surface area contributed by atoms with Gasteiger partial charge in [-0.2, -0.15) is 5.26 Å². The smallest absolute Gasteiger partial charge is 0.338 e. The molecule has 4 rings (SSSR count). The summed E-state index contributed by atoms with van der Waals surface area (Å²) in [6.45, 7) is 12.8. The Morgan fingerprint density at radius 3 is 2.33 bits per heavy atom. The van der Waals surface area contributed by atoms with Gasteiger partial charge in [0.2, 0.25) is 17.6 Å². The van der Waals surface area contributed by atoms with Gasteiger partial charge in [0.15, 0.2) is 6.10 Å². The third-order valence-corrected chi connectivity index (χ3v) is 8.02. The molecule has 2 N–H and O–H groups in total. The molecule has 0 radical (unpaired) electrons. The molecule has 1 aliphatic rings. The predicted molar refractivity (Wildman–Crippen MR) is 178 cm³/mol. The zero-order chi connectivity index (χ0) is 33.6. The van der Waals surface area contributed by atoms with Crippen LogP contribution in [-0.2, 0) is 23.9 Å². The summed E-state index contributed by atoms with van der Waals surface area (Å²) in [7, 11) is 0. The van der Waals surface area contributed by atoms with Gasteiger partial charge in [0.1, 0.15) is 6.04 Å². The number of esters is 1. The highest BCUT2D eigenvalue weighted by Crippen LogP contribution is 2.32. The van der Waals surface area contributed by atoms with Gasteiger partial charge in [0.25, 0.3) is 0 Å². The van der Waals surface area contributed by atoms with E-state index < -0.39 is 41.1 Å². The number of nitrogens with one attached hydrogen (secondary N) is 2. The summed E-state index contributed by atoms with van der Waals surface area (Å²) in [4.78, 5) is 40.4. The SMILES string of the molecule is Cc1cc(/C=C/CC(C(=O)NC(C(=O)NC(C)c2ccccc2)C(C)(C)C)C2OC(C)(C)OC2=O)ccc1-c1cccc(C#N)c1. The molecular weight excluding hydrogens is 578 g/mol. The van der Waals surface area contributed by atoms with Crippen LogP contribution in [0.5, 0.6) is 0 Å².